The van der Waals surface area contributed by atoms with Crippen LogP contribution in [0.3, 0.4) is 0 Å². The third-order valence-corrected chi connectivity index (χ3v) is 5.36. The maximum Gasteiger partial charge on any atom is 0.417 e. The van der Waals surface area contributed by atoms with Crippen LogP contribution in [-0.4, -0.2) is 20.4 Å². The zero-order valence-corrected chi connectivity index (χ0v) is 15.4. The van der Waals surface area contributed by atoms with Gasteiger partial charge in [0.25, 0.3) is 0 Å². The molecule has 28 heavy (non-hydrogen) atoms. The molecule has 2 aromatic rings. The largest absolute Gasteiger partial charge is 0.417 e. The molecular weight excluding hydrogens is 395 g/mol. The highest BCUT2D eigenvalue weighted by Crippen LogP contribution is 2.33. The quantitative estimate of drug-likeness (QED) is 0.763. The molecule has 1 atom stereocenters. The van der Waals surface area contributed by atoms with Gasteiger partial charge in [-0.25, -0.2) is 8.42 Å². The third kappa shape index (κ3) is 5.31. The second kappa shape index (κ2) is 8.41. The molecule has 2 aromatic carbocycles. The lowest BCUT2D eigenvalue weighted by atomic mass is 10.1. The van der Waals surface area contributed by atoms with Gasteiger partial charge in [0.05, 0.1) is 28.1 Å². The van der Waals surface area contributed by atoms with Gasteiger partial charge >= 0.3 is 6.18 Å². The molecule has 2 N–H and O–H groups in total. The van der Waals surface area contributed by atoms with Gasteiger partial charge in [-0.1, -0.05) is 24.3 Å². The lowest BCUT2D eigenvalue weighted by Gasteiger charge is -2.17. The Hall–Kier alpha value is -2.90. The van der Waals surface area contributed by atoms with Crippen molar-refractivity contribution in [3.63, 3.8) is 0 Å². The maximum atomic E-state index is 13.0. The number of carbonyl (C=O) groups excluding carboxylic acids is 1. The third-order valence-electron chi connectivity index (χ3n) is 3.76. The predicted octanol–water partition coefficient (Wildman–Crippen LogP) is 2.56. The van der Waals surface area contributed by atoms with Gasteiger partial charge in [-0.3, -0.25) is 4.79 Å². The van der Waals surface area contributed by atoms with Gasteiger partial charge in [-0.05, 0) is 36.8 Å². The van der Waals surface area contributed by atoms with E-state index in [1.165, 1.54) is 13.0 Å². The fraction of sp³-hybridized carbons (Fsp3) is 0.222. The number of nitrogens with zero attached hydrogens (tertiary/aromatic N) is 1. The van der Waals surface area contributed by atoms with E-state index in [2.05, 4.69) is 5.32 Å². The standard InChI is InChI=1S/C18H16F3N3O3S/c1-12(17(25)23-11-14-8-6-13(10-22)7-9-14)24-28(26,27)16-5-3-2-4-15(16)18(19,20)21/h2-9,12,24H,11H2,1H3,(H,23,25). The average molecular weight is 411 g/mol. The van der Waals surface area contributed by atoms with Crippen LogP contribution in [0.15, 0.2) is 53.4 Å². The zero-order chi connectivity index (χ0) is 20.9. The van der Waals surface area contributed by atoms with Gasteiger partial charge in [-0.15, -0.1) is 0 Å². The molecule has 0 heterocycles. The van der Waals surface area contributed by atoms with Gasteiger partial charge in [0, 0.05) is 6.54 Å². The number of hydrogen-bond donors (Lipinski definition) is 2. The summed E-state index contributed by atoms with van der Waals surface area (Å²) in [5, 5.41) is 11.2. The summed E-state index contributed by atoms with van der Waals surface area (Å²) in [6, 6.07) is 10.7. The van der Waals surface area contributed by atoms with E-state index in [0.717, 1.165) is 12.1 Å². The lowest BCUT2D eigenvalue weighted by Crippen LogP contribution is -2.44. The second-order valence-electron chi connectivity index (χ2n) is 5.86. The van der Waals surface area contributed by atoms with Crippen molar-refractivity contribution >= 4 is 15.9 Å². The fourth-order valence-electron chi connectivity index (χ4n) is 2.32. The Morgan fingerprint density at radius 2 is 1.75 bits per heavy atom. The van der Waals surface area contributed by atoms with Gasteiger partial charge < -0.3 is 5.32 Å². The molecule has 0 aliphatic heterocycles. The average Bonchev–Trinajstić information content (AvgIpc) is 2.65. The molecule has 0 aliphatic rings. The SMILES string of the molecule is CC(NS(=O)(=O)c1ccccc1C(F)(F)F)C(=O)NCc1ccc(C#N)cc1. The van der Waals surface area contributed by atoms with Crippen LogP contribution in [0.1, 0.15) is 23.6 Å². The van der Waals surface area contributed by atoms with Crippen molar-refractivity contribution in [3.8, 4) is 6.07 Å². The number of nitrogens with one attached hydrogen (secondary N) is 2. The molecule has 10 heteroatoms. The van der Waals surface area contributed by atoms with Crippen LogP contribution in [0.2, 0.25) is 0 Å². The van der Waals surface area contributed by atoms with E-state index in [0.29, 0.717) is 17.2 Å². The predicted molar refractivity (Wildman–Crippen MR) is 94.2 cm³/mol. The van der Waals surface area contributed by atoms with E-state index in [9.17, 15) is 26.4 Å². The van der Waals surface area contributed by atoms with E-state index >= 15 is 0 Å². The summed E-state index contributed by atoms with van der Waals surface area (Å²) in [7, 11) is -4.58. The summed E-state index contributed by atoms with van der Waals surface area (Å²) in [4.78, 5) is 11.2. The maximum absolute atomic E-state index is 13.0. The minimum atomic E-state index is -4.85. The van der Waals surface area contributed by atoms with Crippen LogP contribution in [0.25, 0.3) is 0 Å². The first-order valence-electron chi connectivity index (χ1n) is 8.00. The molecule has 0 fully saturated rings. The summed E-state index contributed by atoms with van der Waals surface area (Å²) in [5.74, 6) is -0.711. The van der Waals surface area contributed by atoms with Crippen molar-refractivity contribution in [2.45, 2.75) is 30.6 Å². The summed E-state index contributed by atoms with van der Waals surface area (Å²) in [6.07, 6.45) is -4.85. The molecule has 1 amide bonds. The van der Waals surface area contributed by atoms with Crippen molar-refractivity contribution < 1.29 is 26.4 Å². The molecule has 0 saturated carbocycles. The first-order chi connectivity index (χ1) is 13.0. The number of alkyl halides is 3. The molecule has 0 aliphatic carbocycles. The summed E-state index contributed by atoms with van der Waals surface area (Å²) in [6.45, 7) is 1.29. The van der Waals surface area contributed by atoms with Crippen molar-refractivity contribution in [1.82, 2.24) is 10.0 Å². The lowest BCUT2D eigenvalue weighted by molar-refractivity contribution is -0.139. The van der Waals surface area contributed by atoms with Crippen molar-refractivity contribution in [2.75, 3.05) is 0 Å². The number of rotatable bonds is 6. The molecule has 2 rings (SSSR count). The topological polar surface area (TPSA) is 99.1 Å². The molecule has 0 spiro atoms. The first-order valence-corrected chi connectivity index (χ1v) is 9.48. The molecular formula is C18H16F3N3O3S. The Morgan fingerprint density at radius 1 is 1.14 bits per heavy atom. The van der Waals surface area contributed by atoms with Crippen molar-refractivity contribution in [3.05, 3.63) is 65.2 Å². The normalized spacial score (nSPS) is 12.8. The number of sulfonamides is 1. The fourth-order valence-corrected chi connectivity index (χ4v) is 3.75. The molecule has 148 valence electrons. The smallest absolute Gasteiger partial charge is 0.351 e. The number of nitriles is 1. The Morgan fingerprint density at radius 3 is 2.32 bits per heavy atom. The highest BCUT2D eigenvalue weighted by atomic mass is 32.2. The molecule has 0 radical (unpaired) electrons. The van der Waals surface area contributed by atoms with Gasteiger partial charge in [0.1, 0.15) is 0 Å². The van der Waals surface area contributed by atoms with E-state index < -0.39 is 38.6 Å². The number of amides is 1. The molecule has 0 aromatic heterocycles. The Bertz CT molecular complexity index is 997. The Labute approximate surface area is 160 Å². The molecule has 1 unspecified atom stereocenters. The van der Waals surface area contributed by atoms with Crippen molar-refractivity contribution in [1.29, 1.82) is 5.26 Å². The van der Waals surface area contributed by atoms with Crippen molar-refractivity contribution in [2.24, 2.45) is 0 Å². The molecule has 0 saturated heterocycles. The highest BCUT2D eigenvalue weighted by molar-refractivity contribution is 7.89. The minimum absolute atomic E-state index is 0.0652. The Kier molecular flexibility index (Phi) is 6.43. The monoisotopic (exact) mass is 411 g/mol. The first kappa shape index (κ1) is 21.4. The van der Waals surface area contributed by atoms with Crippen LogP contribution in [-0.2, 0) is 27.5 Å². The molecule has 6 nitrogen and oxygen atoms in total. The van der Waals surface area contributed by atoms with Gasteiger partial charge in [-0.2, -0.15) is 23.2 Å². The number of carbonyl (C=O) groups is 1. The number of benzene rings is 2. The minimum Gasteiger partial charge on any atom is -0.351 e. The summed E-state index contributed by atoms with van der Waals surface area (Å²) < 4.78 is 65.8. The summed E-state index contributed by atoms with van der Waals surface area (Å²) >= 11 is 0. The Balaban J connectivity index is 2.07. The van der Waals surface area contributed by atoms with E-state index in [-0.39, 0.29) is 6.54 Å². The van der Waals surface area contributed by atoms with Gasteiger partial charge in [0.15, 0.2) is 0 Å². The second-order valence-corrected chi connectivity index (χ2v) is 7.55. The highest BCUT2D eigenvalue weighted by Gasteiger charge is 2.37. The molecule has 0 bridgehead atoms. The number of halogens is 3. The van der Waals surface area contributed by atoms with Crippen LogP contribution in [0, 0.1) is 11.3 Å². The van der Waals surface area contributed by atoms with E-state index in [4.69, 9.17) is 5.26 Å². The zero-order valence-electron chi connectivity index (χ0n) is 14.6. The van der Waals surface area contributed by atoms with Crippen LogP contribution >= 0.6 is 0 Å². The number of hydrogen-bond acceptors (Lipinski definition) is 4. The summed E-state index contributed by atoms with van der Waals surface area (Å²) in [5.41, 5.74) is -0.197. The van der Waals surface area contributed by atoms with E-state index in [1.807, 2.05) is 10.8 Å². The van der Waals surface area contributed by atoms with Crippen LogP contribution < -0.4 is 10.0 Å². The van der Waals surface area contributed by atoms with Gasteiger partial charge in [0.2, 0.25) is 15.9 Å². The van der Waals surface area contributed by atoms with Crippen LogP contribution in [0.4, 0.5) is 13.2 Å². The van der Waals surface area contributed by atoms with Crippen LogP contribution in [0.5, 0.6) is 0 Å². The van der Waals surface area contributed by atoms with E-state index in [1.54, 1.807) is 24.3 Å².